The Morgan fingerprint density at radius 2 is 2.11 bits per heavy atom. The molecule has 1 aliphatic heterocycles. The van der Waals surface area contributed by atoms with Crippen molar-refractivity contribution in [2.45, 2.75) is 13.0 Å². The quantitative estimate of drug-likeness (QED) is 0.645. The lowest BCUT2D eigenvalue weighted by Gasteiger charge is -2.21. The number of benzene rings is 2. The molecule has 0 atom stereocenters. The molecule has 0 spiro atoms. The number of aromatic nitrogens is 2. The number of hydrogen-bond acceptors (Lipinski definition) is 4. The number of H-pyrrole nitrogens is 1. The standard InChI is InChI=1S/C20H18FN3O3S/c21-16-9-14(18-15(10-16)11-26-12-27-18)5-6-22-19(25)13-1-3-17(4-2-13)24-8-7-23-20(24)28/h1-4,7-10H,5-6,11-12H2,(H,22,25)(H,23,28). The van der Waals surface area contributed by atoms with Crippen molar-refractivity contribution in [3.8, 4) is 11.4 Å². The van der Waals surface area contributed by atoms with Gasteiger partial charge in [-0.1, -0.05) is 0 Å². The molecule has 2 aromatic carbocycles. The van der Waals surface area contributed by atoms with Crippen LogP contribution in [0.3, 0.4) is 0 Å². The molecule has 0 bridgehead atoms. The Bertz CT molecular complexity index is 1060. The lowest BCUT2D eigenvalue weighted by molar-refractivity contribution is -0.0172. The van der Waals surface area contributed by atoms with Crippen molar-refractivity contribution in [1.29, 1.82) is 0 Å². The molecule has 1 aliphatic rings. The van der Waals surface area contributed by atoms with Gasteiger partial charge in [0.25, 0.3) is 5.91 Å². The minimum atomic E-state index is -0.340. The molecule has 28 heavy (non-hydrogen) atoms. The van der Waals surface area contributed by atoms with E-state index in [-0.39, 0.29) is 18.5 Å². The van der Waals surface area contributed by atoms with E-state index in [1.807, 2.05) is 22.9 Å². The zero-order valence-corrected chi connectivity index (χ0v) is 15.7. The van der Waals surface area contributed by atoms with Gasteiger partial charge < -0.3 is 19.8 Å². The zero-order valence-electron chi connectivity index (χ0n) is 14.9. The lowest BCUT2D eigenvalue weighted by atomic mass is 10.1. The number of nitrogens with zero attached hydrogens (tertiary/aromatic N) is 1. The number of aromatic amines is 1. The van der Waals surface area contributed by atoms with E-state index in [1.165, 1.54) is 12.1 Å². The summed E-state index contributed by atoms with van der Waals surface area (Å²) in [6.07, 6.45) is 4.04. The van der Waals surface area contributed by atoms with Crippen LogP contribution < -0.4 is 10.1 Å². The van der Waals surface area contributed by atoms with Crippen LogP contribution in [0.5, 0.6) is 5.75 Å². The number of imidazole rings is 1. The smallest absolute Gasteiger partial charge is 0.251 e. The Hall–Kier alpha value is -2.97. The first-order valence-corrected chi connectivity index (χ1v) is 9.19. The molecular weight excluding hydrogens is 381 g/mol. The molecule has 3 aromatic rings. The van der Waals surface area contributed by atoms with Crippen LogP contribution in [0.4, 0.5) is 4.39 Å². The van der Waals surface area contributed by atoms with Crippen LogP contribution in [0.15, 0.2) is 48.8 Å². The van der Waals surface area contributed by atoms with E-state index in [2.05, 4.69) is 10.3 Å². The van der Waals surface area contributed by atoms with Gasteiger partial charge in [0.05, 0.1) is 6.61 Å². The molecule has 0 fully saturated rings. The summed E-state index contributed by atoms with van der Waals surface area (Å²) >= 11 is 5.19. The molecular formula is C20H18FN3O3S. The van der Waals surface area contributed by atoms with Crippen molar-refractivity contribution >= 4 is 18.1 Å². The van der Waals surface area contributed by atoms with E-state index in [0.29, 0.717) is 41.2 Å². The van der Waals surface area contributed by atoms with E-state index in [9.17, 15) is 9.18 Å². The normalized spacial score (nSPS) is 12.9. The lowest BCUT2D eigenvalue weighted by Crippen LogP contribution is -2.26. The maximum absolute atomic E-state index is 13.8. The van der Waals surface area contributed by atoms with Gasteiger partial charge in [-0.2, -0.15) is 0 Å². The van der Waals surface area contributed by atoms with Crippen molar-refractivity contribution < 1.29 is 18.7 Å². The average molecular weight is 399 g/mol. The third-order valence-corrected chi connectivity index (χ3v) is 4.80. The topological polar surface area (TPSA) is 68.3 Å². The van der Waals surface area contributed by atoms with Crippen molar-refractivity contribution in [3.63, 3.8) is 0 Å². The summed E-state index contributed by atoms with van der Waals surface area (Å²) in [5.74, 6) is 0.112. The minimum absolute atomic E-state index is 0.148. The molecule has 6 nitrogen and oxygen atoms in total. The average Bonchev–Trinajstić information content (AvgIpc) is 3.13. The van der Waals surface area contributed by atoms with E-state index < -0.39 is 0 Å². The zero-order chi connectivity index (χ0) is 19.5. The first kappa shape index (κ1) is 18.4. The highest BCUT2D eigenvalue weighted by molar-refractivity contribution is 7.71. The van der Waals surface area contributed by atoms with Crippen molar-refractivity contribution in [2.75, 3.05) is 13.3 Å². The van der Waals surface area contributed by atoms with Gasteiger partial charge in [-0.05, 0) is 60.6 Å². The molecule has 144 valence electrons. The Morgan fingerprint density at radius 3 is 2.86 bits per heavy atom. The molecule has 0 aliphatic carbocycles. The van der Waals surface area contributed by atoms with Gasteiger partial charge in [0, 0.05) is 35.8 Å². The number of halogens is 1. The van der Waals surface area contributed by atoms with Gasteiger partial charge in [-0.25, -0.2) is 4.39 Å². The summed E-state index contributed by atoms with van der Waals surface area (Å²) in [5, 5.41) is 2.86. The van der Waals surface area contributed by atoms with Crippen molar-refractivity contribution in [3.05, 3.63) is 76.1 Å². The molecule has 8 heteroatoms. The molecule has 1 amide bonds. The second kappa shape index (κ2) is 7.95. The maximum Gasteiger partial charge on any atom is 0.251 e. The number of carbonyl (C=O) groups excluding carboxylic acids is 1. The Morgan fingerprint density at radius 1 is 1.29 bits per heavy atom. The van der Waals surface area contributed by atoms with Crippen molar-refractivity contribution in [1.82, 2.24) is 14.9 Å². The maximum atomic E-state index is 13.8. The number of rotatable bonds is 5. The van der Waals surface area contributed by atoms with Crippen molar-refractivity contribution in [2.24, 2.45) is 0 Å². The molecule has 2 heterocycles. The summed E-state index contributed by atoms with van der Waals surface area (Å²) < 4.78 is 26.9. The fraction of sp³-hybridized carbons (Fsp3) is 0.200. The first-order valence-electron chi connectivity index (χ1n) is 8.78. The fourth-order valence-electron chi connectivity index (χ4n) is 3.15. The number of ether oxygens (including phenoxy) is 2. The third-order valence-electron chi connectivity index (χ3n) is 4.49. The highest BCUT2D eigenvalue weighted by atomic mass is 32.1. The predicted molar refractivity (Wildman–Crippen MR) is 104 cm³/mol. The molecule has 0 unspecified atom stereocenters. The summed E-state index contributed by atoms with van der Waals surface area (Å²) in [7, 11) is 0. The van der Waals surface area contributed by atoms with E-state index in [0.717, 1.165) is 11.3 Å². The fourth-order valence-corrected chi connectivity index (χ4v) is 3.39. The van der Waals surface area contributed by atoms with Crippen LogP contribution in [0.1, 0.15) is 21.5 Å². The van der Waals surface area contributed by atoms with Crippen LogP contribution in [-0.4, -0.2) is 28.8 Å². The van der Waals surface area contributed by atoms with Crippen LogP contribution in [0.25, 0.3) is 5.69 Å². The molecule has 0 radical (unpaired) electrons. The third kappa shape index (κ3) is 3.83. The predicted octanol–water partition coefficient (Wildman–Crippen LogP) is 3.51. The summed E-state index contributed by atoms with van der Waals surface area (Å²) in [6.45, 7) is 0.836. The van der Waals surface area contributed by atoms with Gasteiger partial charge in [-0.3, -0.25) is 9.36 Å². The Balaban J connectivity index is 1.39. The van der Waals surface area contributed by atoms with Crippen LogP contribution in [-0.2, 0) is 17.8 Å². The van der Waals surface area contributed by atoms with Crippen LogP contribution in [0, 0.1) is 10.6 Å². The second-order valence-corrected chi connectivity index (χ2v) is 6.74. The summed E-state index contributed by atoms with van der Waals surface area (Å²) in [5.41, 5.74) is 2.81. The highest BCUT2D eigenvalue weighted by Crippen LogP contribution is 2.29. The number of fused-ring (bicyclic) bond motifs is 1. The monoisotopic (exact) mass is 399 g/mol. The van der Waals surface area contributed by atoms with Crippen LogP contribution in [0.2, 0.25) is 0 Å². The number of carbonyl (C=O) groups is 1. The highest BCUT2D eigenvalue weighted by Gasteiger charge is 2.17. The summed E-state index contributed by atoms with van der Waals surface area (Å²) in [4.78, 5) is 15.3. The SMILES string of the molecule is O=C(NCCc1cc(F)cc2c1OCOC2)c1ccc(-n2cc[nH]c2=S)cc1. The van der Waals surface area contributed by atoms with Gasteiger partial charge in [0.2, 0.25) is 0 Å². The van der Waals surface area contributed by atoms with E-state index in [4.69, 9.17) is 21.7 Å². The minimum Gasteiger partial charge on any atom is -0.467 e. The first-order chi connectivity index (χ1) is 13.6. The Labute approximate surface area is 165 Å². The molecule has 1 aromatic heterocycles. The van der Waals surface area contributed by atoms with Gasteiger partial charge in [0.15, 0.2) is 11.6 Å². The van der Waals surface area contributed by atoms with Crippen LogP contribution >= 0.6 is 12.2 Å². The molecule has 2 N–H and O–H groups in total. The van der Waals surface area contributed by atoms with Gasteiger partial charge in [0.1, 0.15) is 11.6 Å². The summed E-state index contributed by atoms with van der Waals surface area (Å²) in [6, 6.07) is 9.99. The largest absolute Gasteiger partial charge is 0.467 e. The number of hydrogen-bond donors (Lipinski definition) is 2. The van der Waals surface area contributed by atoms with Gasteiger partial charge in [-0.15, -0.1) is 0 Å². The number of nitrogens with one attached hydrogen (secondary N) is 2. The molecule has 4 rings (SSSR count). The second-order valence-electron chi connectivity index (χ2n) is 6.35. The Kier molecular flexibility index (Phi) is 5.23. The number of amides is 1. The van der Waals surface area contributed by atoms with E-state index >= 15 is 0 Å². The van der Waals surface area contributed by atoms with Gasteiger partial charge >= 0.3 is 0 Å². The molecule has 0 saturated carbocycles. The van der Waals surface area contributed by atoms with E-state index in [1.54, 1.807) is 18.3 Å². The molecule has 0 saturated heterocycles.